The van der Waals surface area contributed by atoms with Crippen molar-refractivity contribution >= 4 is 15.9 Å². The van der Waals surface area contributed by atoms with E-state index in [0.717, 1.165) is 29.5 Å². The molecule has 0 N–H and O–H groups in total. The molecule has 0 bridgehead atoms. The Balaban J connectivity index is 1.67. The first-order valence-electron chi connectivity index (χ1n) is 8.95. The lowest BCUT2D eigenvalue weighted by Crippen LogP contribution is -2.49. The van der Waals surface area contributed by atoms with Crippen LogP contribution in [0.3, 0.4) is 0 Å². The molecule has 1 saturated heterocycles. The minimum atomic E-state index is -4.54. The Morgan fingerprint density at radius 2 is 1.86 bits per heavy atom. The summed E-state index contributed by atoms with van der Waals surface area (Å²) in [5, 5.41) is 0. The second kappa shape index (κ2) is 6.53. The molecule has 1 unspecified atom stereocenters. The second-order valence-corrected chi connectivity index (χ2v) is 9.17. The van der Waals surface area contributed by atoms with E-state index in [1.54, 1.807) is 17.9 Å². The lowest BCUT2D eigenvalue weighted by atomic mass is 10.1. The average Bonchev–Trinajstić information content (AvgIpc) is 2.92. The summed E-state index contributed by atoms with van der Waals surface area (Å²) in [6.45, 7) is 3.46. The van der Waals surface area contributed by atoms with Crippen LogP contribution in [-0.4, -0.2) is 48.1 Å². The molecule has 1 atom stereocenters. The molecule has 154 valence electrons. The van der Waals surface area contributed by atoms with Crippen LogP contribution in [0.5, 0.6) is 0 Å². The number of benzene rings is 1. The van der Waals surface area contributed by atoms with Crippen molar-refractivity contribution in [2.45, 2.75) is 31.0 Å². The highest BCUT2D eigenvalue weighted by atomic mass is 32.2. The minimum Gasteiger partial charge on any atom is -0.329 e. The second-order valence-electron chi connectivity index (χ2n) is 7.27. The van der Waals surface area contributed by atoms with Crippen molar-refractivity contribution in [1.29, 1.82) is 0 Å². The van der Waals surface area contributed by atoms with Gasteiger partial charge in [-0.3, -0.25) is 9.78 Å². The first kappa shape index (κ1) is 19.8. The number of alkyl halides is 3. The van der Waals surface area contributed by atoms with Crippen LogP contribution in [0.2, 0.25) is 0 Å². The molecule has 6 nitrogen and oxygen atoms in total. The van der Waals surface area contributed by atoms with Gasteiger partial charge in [0.25, 0.3) is 5.91 Å². The molecule has 2 aromatic rings. The van der Waals surface area contributed by atoms with Crippen molar-refractivity contribution in [2.24, 2.45) is 0 Å². The van der Waals surface area contributed by atoms with Crippen LogP contribution in [0.25, 0.3) is 0 Å². The van der Waals surface area contributed by atoms with E-state index in [1.165, 1.54) is 17.4 Å². The average molecular weight is 425 g/mol. The maximum Gasteiger partial charge on any atom is 0.416 e. The number of nitrogens with zero attached hydrogens (tertiary/aromatic N) is 3. The van der Waals surface area contributed by atoms with E-state index in [1.807, 2.05) is 0 Å². The molecule has 29 heavy (non-hydrogen) atoms. The number of rotatable bonds is 2. The molecule has 1 fully saturated rings. The summed E-state index contributed by atoms with van der Waals surface area (Å²) >= 11 is 0. The van der Waals surface area contributed by atoms with Crippen molar-refractivity contribution in [3.05, 3.63) is 58.4 Å². The maximum atomic E-state index is 13.1. The summed E-state index contributed by atoms with van der Waals surface area (Å²) in [6.07, 6.45) is -3.04. The van der Waals surface area contributed by atoms with Crippen molar-refractivity contribution in [3.63, 3.8) is 0 Å². The van der Waals surface area contributed by atoms with E-state index in [2.05, 4.69) is 4.98 Å². The van der Waals surface area contributed by atoms with Gasteiger partial charge in [-0.05, 0) is 49.2 Å². The molecule has 0 aliphatic carbocycles. The van der Waals surface area contributed by atoms with Crippen LogP contribution in [0, 0.1) is 13.8 Å². The summed E-state index contributed by atoms with van der Waals surface area (Å²) < 4.78 is 66.2. The molecule has 10 heteroatoms. The zero-order valence-corrected chi connectivity index (χ0v) is 16.5. The largest absolute Gasteiger partial charge is 0.416 e. The van der Waals surface area contributed by atoms with E-state index in [4.69, 9.17) is 0 Å². The van der Waals surface area contributed by atoms with Crippen molar-refractivity contribution in [3.8, 4) is 0 Å². The van der Waals surface area contributed by atoms with Gasteiger partial charge in [0.05, 0.1) is 22.1 Å². The van der Waals surface area contributed by atoms with Crippen LogP contribution < -0.4 is 0 Å². The fraction of sp³-hybridized carbons (Fsp3) is 0.368. The Bertz CT molecular complexity index is 1120. The van der Waals surface area contributed by atoms with E-state index in [0.29, 0.717) is 5.56 Å². The number of hydrogen-bond acceptors (Lipinski definition) is 4. The lowest BCUT2D eigenvalue weighted by molar-refractivity contribution is -0.137. The number of carbonyl (C=O) groups is 1. The van der Waals surface area contributed by atoms with E-state index < -0.39 is 27.8 Å². The number of aromatic nitrogens is 1. The summed E-state index contributed by atoms with van der Waals surface area (Å²) in [7, 11) is -4.01. The quantitative estimate of drug-likeness (QED) is 0.742. The van der Waals surface area contributed by atoms with Crippen molar-refractivity contribution in [1.82, 2.24) is 14.2 Å². The number of pyridine rings is 1. The third-order valence-corrected chi connectivity index (χ3v) is 7.41. The molecule has 4 rings (SSSR count). The fourth-order valence-electron chi connectivity index (χ4n) is 3.93. The standard InChI is InChI=1S/C19H18F3N3O3S/c1-11-7-13(19(20,21)22)3-4-17(11)29(27,28)24-5-6-25-16(10-24)14-8-12(2)23-9-15(14)18(25)26/h3-4,7-9,16H,5-6,10H2,1-2H3. The first-order valence-corrected chi connectivity index (χ1v) is 10.4. The SMILES string of the molecule is Cc1cc2c(cn1)C(=O)N1CCN(S(=O)(=O)c3ccc(C(F)(F)F)cc3C)CC21. The van der Waals surface area contributed by atoms with Gasteiger partial charge in [-0.25, -0.2) is 8.42 Å². The van der Waals surface area contributed by atoms with Crippen LogP contribution in [0.1, 0.15) is 38.8 Å². The van der Waals surface area contributed by atoms with Gasteiger partial charge >= 0.3 is 6.18 Å². The number of sulfonamides is 1. The van der Waals surface area contributed by atoms with Crippen LogP contribution in [0.15, 0.2) is 35.4 Å². The summed E-state index contributed by atoms with van der Waals surface area (Å²) in [4.78, 5) is 18.2. The number of hydrogen-bond donors (Lipinski definition) is 0. The molecule has 0 spiro atoms. The van der Waals surface area contributed by atoms with Crippen LogP contribution >= 0.6 is 0 Å². The zero-order chi connectivity index (χ0) is 21.1. The summed E-state index contributed by atoms with van der Waals surface area (Å²) in [5.74, 6) is -0.180. The molecular formula is C19H18F3N3O3S. The number of amides is 1. The molecule has 1 aromatic carbocycles. The van der Waals surface area contributed by atoms with Gasteiger partial charge in [-0.2, -0.15) is 17.5 Å². The number of carbonyl (C=O) groups excluding carboxylic acids is 1. The normalized spacial score (nSPS) is 20.0. The number of fused-ring (bicyclic) bond motifs is 3. The van der Waals surface area contributed by atoms with Gasteiger partial charge in [0, 0.05) is 31.5 Å². The van der Waals surface area contributed by atoms with Crippen LogP contribution in [0.4, 0.5) is 13.2 Å². The topological polar surface area (TPSA) is 70.6 Å². The Morgan fingerprint density at radius 1 is 1.14 bits per heavy atom. The molecule has 1 aromatic heterocycles. The number of aryl methyl sites for hydroxylation is 2. The number of halogens is 3. The molecular weight excluding hydrogens is 407 g/mol. The predicted molar refractivity (Wildman–Crippen MR) is 97.7 cm³/mol. The van der Waals surface area contributed by atoms with Crippen LogP contribution in [-0.2, 0) is 16.2 Å². The Kier molecular flexibility index (Phi) is 4.47. The molecule has 2 aliphatic rings. The van der Waals surface area contributed by atoms with Gasteiger partial charge in [-0.15, -0.1) is 0 Å². The highest BCUT2D eigenvalue weighted by Crippen LogP contribution is 2.38. The lowest BCUT2D eigenvalue weighted by Gasteiger charge is -2.37. The molecule has 3 heterocycles. The highest BCUT2D eigenvalue weighted by molar-refractivity contribution is 7.89. The predicted octanol–water partition coefficient (Wildman–Crippen LogP) is 2.92. The van der Waals surface area contributed by atoms with E-state index >= 15 is 0 Å². The summed E-state index contributed by atoms with van der Waals surface area (Å²) in [5.41, 5.74) is 1.05. The molecule has 2 aliphatic heterocycles. The molecule has 0 radical (unpaired) electrons. The van der Waals surface area contributed by atoms with Gasteiger partial charge < -0.3 is 4.90 Å². The Morgan fingerprint density at radius 3 is 2.52 bits per heavy atom. The highest BCUT2D eigenvalue weighted by Gasteiger charge is 2.44. The molecule has 0 saturated carbocycles. The maximum absolute atomic E-state index is 13.1. The van der Waals surface area contributed by atoms with E-state index in [9.17, 15) is 26.4 Å². The van der Waals surface area contributed by atoms with Gasteiger partial charge in [-0.1, -0.05) is 0 Å². The Hall–Kier alpha value is -2.46. The molecule has 1 amide bonds. The summed E-state index contributed by atoms with van der Waals surface area (Å²) in [6, 6.07) is 3.96. The van der Waals surface area contributed by atoms with Gasteiger partial charge in [0.1, 0.15) is 0 Å². The monoisotopic (exact) mass is 425 g/mol. The van der Waals surface area contributed by atoms with Crippen molar-refractivity contribution < 1.29 is 26.4 Å². The smallest absolute Gasteiger partial charge is 0.329 e. The Labute approximate surface area is 166 Å². The minimum absolute atomic E-state index is 0.0326. The van der Waals surface area contributed by atoms with E-state index in [-0.39, 0.29) is 36.0 Å². The van der Waals surface area contributed by atoms with Crippen molar-refractivity contribution in [2.75, 3.05) is 19.6 Å². The third-order valence-electron chi connectivity index (χ3n) is 5.39. The van der Waals surface area contributed by atoms with Gasteiger partial charge in [0.2, 0.25) is 10.0 Å². The first-order chi connectivity index (χ1) is 13.5. The van der Waals surface area contributed by atoms with Gasteiger partial charge in [0.15, 0.2) is 0 Å². The number of piperazine rings is 1. The fourth-order valence-corrected chi connectivity index (χ4v) is 5.57. The third kappa shape index (κ3) is 3.20. The zero-order valence-electron chi connectivity index (χ0n) is 15.7.